The van der Waals surface area contributed by atoms with Gasteiger partial charge in [-0.05, 0) is 12.8 Å². The summed E-state index contributed by atoms with van der Waals surface area (Å²) in [5.41, 5.74) is 0. The molecule has 0 spiro atoms. The molecule has 0 aliphatic rings. The summed E-state index contributed by atoms with van der Waals surface area (Å²) >= 11 is 1.39. The standard InChI is InChI=1S/C12H21NO5S/c1-18-12(17)6-8-19-9-10(14)13-7-4-2-3-5-11(15)16/h2-9H2,1H3,(H,13,14)(H,15,16). The SMILES string of the molecule is COC(=O)CCSCC(=O)NCCCCCC(=O)O. The lowest BCUT2D eigenvalue weighted by molar-refractivity contribution is -0.140. The number of ether oxygens (including phenoxy) is 1. The van der Waals surface area contributed by atoms with Crippen LogP contribution in [0.3, 0.4) is 0 Å². The second-order valence-corrected chi connectivity index (χ2v) is 5.04. The lowest BCUT2D eigenvalue weighted by Gasteiger charge is -2.04. The van der Waals surface area contributed by atoms with Crippen LogP contribution in [0, 0.1) is 0 Å². The van der Waals surface area contributed by atoms with Crippen LogP contribution in [0.5, 0.6) is 0 Å². The number of hydrogen-bond acceptors (Lipinski definition) is 5. The van der Waals surface area contributed by atoms with E-state index in [0.717, 1.165) is 12.8 Å². The van der Waals surface area contributed by atoms with Crippen molar-refractivity contribution in [3.63, 3.8) is 0 Å². The first-order valence-corrected chi connectivity index (χ1v) is 7.34. The van der Waals surface area contributed by atoms with E-state index in [1.54, 1.807) is 0 Å². The van der Waals surface area contributed by atoms with Crippen molar-refractivity contribution in [1.29, 1.82) is 0 Å². The minimum atomic E-state index is -0.786. The van der Waals surface area contributed by atoms with Crippen LogP contribution in [0.2, 0.25) is 0 Å². The number of rotatable bonds is 11. The molecule has 6 nitrogen and oxygen atoms in total. The molecule has 0 saturated carbocycles. The van der Waals surface area contributed by atoms with E-state index in [0.29, 0.717) is 30.9 Å². The maximum atomic E-state index is 11.4. The molecule has 0 aromatic rings. The number of carbonyl (C=O) groups excluding carboxylic acids is 2. The van der Waals surface area contributed by atoms with Gasteiger partial charge in [0, 0.05) is 18.7 Å². The van der Waals surface area contributed by atoms with Crippen LogP contribution >= 0.6 is 11.8 Å². The Bertz CT molecular complexity index is 296. The van der Waals surface area contributed by atoms with Gasteiger partial charge in [0.05, 0.1) is 19.3 Å². The summed E-state index contributed by atoms with van der Waals surface area (Å²) < 4.78 is 4.48. The van der Waals surface area contributed by atoms with Gasteiger partial charge in [-0.15, -0.1) is 0 Å². The van der Waals surface area contributed by atoms with Gasteiger partial charge in [-0.2, -0.15) is 11.8 Å². The molecule has 1 amide bonds. The van der Waals surface area contributed by atoms with Crippen molar-refractivity contribution in [3.05, 3.63) is 0 Å². The lowest BCUT2D eigenvalue weighted by atomic mass is 10.2. The monoisotopic (exact) mass is 291 g/mol. The number of carbonyl (C=O) groups is 3. The topological polar surface area (TPSA) is 92.7 Å². The summed E-state index contributed by atoms with van der Waals surface area (Å²) in [6.07, 6.45) is 2.70. The Morgan fingerprint density at radius 3 is 2.53 bits per heavy atom. The Labute approximate surface area is 117 Å². The zero-order chi connectivity index (χ0) is 14.5. The fourth-order valence-electron chi connectivity index (χ4n) is 1.28. The summed E-state index contributed by atoms with van der Waals surface area (Å²) in [7, 11) is 1.34. The Hall–Kier alpha value is -1.24. The molecular weight excluding hydrogens is 270 g/mol. The van der Waals surface area contributed by atoms with E-state index in [4.69, 9.17) is 5.11 Å². The number of carboxylic acids is 1. The van der Waals surface area contributed by atoms with Crippen LogP contribution in [-0.2, 0) is 19.1 Å². The molecule has 0 atom stereocenters. The maximum absolute atomic E-state index is 11.4. The Balaban J connectivity index is 3.30. The van der Waals surface area contributed by atoms with Gasteiger partial charge in [0.2, 0.25) is 5.91 Å². The first kappa shape index (κ1) is 17.8. The van der Waals surface area contributed by atoms with Crippen molar-refractivity contribution in [1.82, 2.24) is 5.32 Å². The smallest absolute Gasteiger partial charge is 0.306 e. The zero-order valence-corrected chi connectivity index (χ0v) is 12.0. The number of thioether (sulfide) groups is 1. The summed E-state index contributed by atoms with van der Waals surface area (Å²) in [5, 5.41) is 11.2. The van der Waals surface area contributed by atoms with Crippen molar-refractivity contribution >= 4 is 29.6 Å². The average Bonchev–Trinajstić information content (AvgIpc) is 2.38. The molecule has 0 aromatic carbocycles. The molecule has 0 unspecified atom stereocenters. The molecule has 0 aliphatic carbocycles. The van der Waals surface area contributed by atoms with Gasteiger partial charge in [-0.25, -0.2) is 0 Å². The second-order valence-electron chi connectivity index (χ2n) is 3.93. The van der Waals surface area contributed by atoms with Gasteiger partial charge in [-0.3, -0.25) is 14.4 Å². The van der Waals surface area contributed by atoms with Crippen molar-refractivity contribution in [2.75, 3.05) is 25.2 Å². The van der Waals surface area contributed by atoms with Crippen molar-refractivity contribution in [2.45, 2.75) is 32.1 Å². The molecule has 0 rings (SSSR count). The van der Waals surface area contributed by atoms with Crippen LogP contribution in [0.25, 0.3) is 0 Å². The number of aliphatic carboxylic acids is 1. The molecule has 19 heavy (non-hydrogen) atoms. The molecule has 0 bridgehead atoms. The van der Waals surface area contributed by atoms with Crippen LogP contribution < -0.4 is 5.32 Å². The minimum absolute atomic E-state index is 0.0619. The van der Waals surface area contributed by atoms with E-state index in [-0.39, 0.29) is 18.3 Å². The number of nitrogens with one attached hydrogen (secondary N) is 1. The first-order chi connectivity index (χ1) is 9.06. The number of carboxylic acid groups (broad SMARTS) is 1. The van der Waals surface area contributed by atoms with Gasteiger partial charge in [0.15, 0.2) is 0 Å². The highest BCUT2D eigenvalue weighted by Gasteiger charge is 2.03. The number of amides is 1. The number of methoxy groups -OCH3 is 1. The van der Waals surface area contributed by atoms with Crippen LogP contribution in [0.1, 0.15) is 32.1 Å². The van der Waals surface area contributed by atoms with Gasteiger partial charge in [0.25, 0.3) is 0 Å². The van der Waals surface area contributed by atoms with Crippen molar-refractivity contribution in [3.8, 4) is 0 Å². The molecule has 2 N–H and O–H groups in total. The van der Waals surface area contributed by atoms with E-state index >= 15 is 0 Å². The largest absolute Gasteiger partial charge is 0.481 e. The van der Waals surface area contributed by atoms with Gasteiger partial charge in [-0.1, -0.05) is 6.42 Å². The summed E-state index contributed by atoms with van der Waals surface area (Å²) in [5.74, 6) is -0.226. The highest BCUT2D eigenvalue weighted by Crippen LogP contribution is 2.03. The van der Waals surface area contributed by atoms with E-state index < -0.39 is 5.97 Å². The van der Waals surface area contributed by atoms with E-state index in [9.17, 15) is 14.4 Å². The molecule has 0 saturated heterocycles. The predicted molar refractivity (Wildman–Crippen MR) is 73.1 cm³/mol. The maximum Gasteiger partial charge on any atom is 0.306 e. The number of hydrogen-bond donors (Lipinski definition) is 2. The first-order valence-electron chi connectivity index (χ1n) is 6.19. The van der Waals surface area contributed by atoms with E-state index in [1.165, 1.54) is 18.9 Å². The second kappa shape index (κ2) is 11.8. The molecular formula is C12H21NO5S. The Kier molecular flexibility index (Phi) is 11.1. The third kappa shape index (κ3) is 13.0. The normalized spacial score (nSPS) is 9.95. The van der Waals surface area contributed by atoms with Crippen LogP contribution in [0.4, 0.5) is 0 Å². The summed E-state index contributed by atoms with van der Waals surface area (Å²) in [4.78, 5) is 32.4. The predicted octanol–water partition coefficient (Wildman–Crippen LogP) is 1.04. The number of esters is 1. The Morgan fingerprint density at radius 2 is 1.89 bits per heavy atom. The highest BCUT2D eigenvalue weighted by atomic mass is 32.2. The molecule has 0 fully saturated rings. The van der Waals surface area contributed by atoms with Crippen molar-refractivity contribution < 1.29 is 24.2 Å². The summed E-state index contributed by atoms with van der Waals surface area (Å²) in [6.45, 7) is 0.565. The zero-order valence-electron chi connectivity index (χ0n) is 11.1. The molecule has 7 heteroatoms. The van der Waals surface area contributed by atoms with Gasteiger partial charge >= 0.3 is 11.9 Å². The van der Waals surface area contributed by atoms with E-state index in [1.807, 2.05) is 0 Å². The molecule has 0 aliphatic heterocycles. The van der Waals surface area contributed by atoms with E-state index in [2.05, 4.69) is 10.1 Å². The van der Waals surface area contributed by atoms with Crippen LogP contribution in [0.15, 0.2) is 0 Å². The molecule has 0 heterocycles. The average molecular weight is 291 g/mol. The van der Waals surface area contributed by atoms with Gasteiger partial charge < -0.3 is 15.2 Å². The summed E-state index contributed by atoms with van der Waals surface area (Å²) in [6, 6.07) is 0. The Morgan fingerprint density at radius 1 is 1.16 bits per heavy atom. The fourth-order valence-corrected chi connectivity index (χ4v) is 2.02. The quantitative estimate of drug-likeness (QED) is 0.436. The van der Waals surface area contributed by atoms with Crippen LogP contribution in [-0.4, -0.2) is 48.1 Å². The highest BCUT2D eigenvalue weighted by molar-refractivity contribution is 7.99. The third-order valence-electron chi connectivity index (χ3n) is 2.30. The molecule has 110 valence electrons. The van der Waals surface area contributed by atoms with Crippen molar-refractivity contribution in [2.24, 2.45) is 0 Å². The third-order valence-corrected chi connectivity index (χ3v) is 3.26. The molecule has 0 radical (unpaired) electrons. The minimum Gasteiger partial charge on any atom is -0.481 e. The van der Waals surface area contributed by atoms with Gasteiger partial charge in [0.1, 0.15) is 0 Å². The number of unbranched alkanes of at least 4 members (excludes halogenated alkanes) is 2. The molecule has 0 aromatic heterocycles. The lowest BCUT2D eigenvalue weighted by Crippen LogP contribution is -2.26. The fraction of sp³-hybridized carbons (Fsp3) is 0.750.